The second-order valence-corrected chi connectivity index (χ2v) is 4.38. The van der Waals surface area contributed by atoms with Crippen LogP contribution in [0, 0.1) is 0 Å². The number of hydrogen-bond acceptors (Lipinski definition) is 3. The van der Waals surface area contributed by atoms with E-state index in [2.05, 4.69) is 10.6 Å². The zero-order valence-corrected chi connectivity index (χ0v) is 9.78. The van der Waals surface area contributed by atoms with Gasteiger partial charge in [0.15, 0.2) is 0 Å². The van der Waals surface area contributed by atoms with Crippen molar-refractivity contribution < 1.29 is 9.90 Å². The van der Waals surface area contributed by atoms with Crippen LogP contribution >= 0.6 is 0 Å². The Morgan fingerprint density at radius 1 is 1.41 bits per heavy atom. The molecule has 92 valence electrons. The lowest BCUT2D eigenvalue weighted by molar-refractivity contribution is 0.0952. The maximum absolute atomic E-state index is 11.7. The molecule has 0 saturated carbocycles. The van der Waals surface area contributed by atoms with Crippen molar-refractivity contribution in [2.24, 2.45) is 0 Å². The van der Waals surface area contributed by atoms with Gasteiger partial charge in [-0.05, 0) is 50.1 Å². The Morgan fingerprint density at radius 2 is 2.18 bits per heavy atom. The van der Waals surface area contributed by atoms with E-state index in [1.54, 1.807) is 12.1 Å². The van der Waals surface area contributed by atoms with Gasteiger partial charge in [-0.1, -0.05) is 0 Å². The van der Waals surface area contributed by atoms with E-state index < -0.39 is 0 Å². The van der Waals surface area contributed by atoms with Crippen molar-refractivity contribution in [1.29, 1.82) is 0 Å². The van der Waals surface area contributed by atoms with Crippen molar-refractivity contribution in [2.75, 3.05) is 13.1 Å². The number of benzene rings is 1. The van der Waals surface area contributed by atoms with Gasteiger partial charge in [-0.2, -0.15) is 0 Å². The molecule has 1 aromatic rings. The molecule has 2 rings (SSSR count). The molecule has 1 fully saturated rings. The SMILES string of the molecule is O=C(NCC[C@@H]1CCCN1)c1ccc(O)cc1. The molecule has 1 aliphatic rings. The van der Waals surface area contributed by atoms with Gasteiger partial charge < -0.3 is 15.7 Å². The molecule has 1 aliphatic heterocycles. The third-order valence-corrected chi connectivity index (χ3v) is 3.07. The Hall–Kier alpha value is -1.55. The molecule has 0 radical (unpaired) electrons. The Morgan fingerprint density at radius 3 is 2.82 bits per heavy atom. The van der Waals surface area contributed by atoms with Crippen molar-refractivity contribution in [2.45, 2.75) is 25.3 Å². The number of carbonyl (C=O) groups is 1. The Kier molecular flexibility index (Phi) is 3.98. The molecular weight excluding hydrogens is 216 g/mol. The molecule has 4 heteroatoms. The third-order valence-electron chi connectivity index (χ3n) is 3.07. The summed E-state index contributed by atoms with van der Waals surface area (Å²) < 4.78 is 0. The van der Waals surface area contributed by atoms with Crippen LogP contribution in [0.3, 0.4) is 0 Å². The summed E-state index contributed by atoms with van der Waals surface area (Å²) in [6.45, 7) is 1.79. The summed E-state index contributed by atoms with van der Waals surface area (Å²) in [5, 5.41) is 15.4. The predicted molar refractivity (Wildman–Crippen MR) is 66.1 cm³/mol. The van der Waals surface area contributed by atoms with Crippen molar-refractivity contribution in [1.82, 2.24) is 10.6 Å². The highest BCUT2D eigenvalue weighted by atomic mass is 16.3. The summed E-state index contributed by atoms with van der Waals surface area (Å²) in [4.78, 5) is 11.7. The lowest BCUT2D eigenvalue weighted by Crippen LogP contribution is -2.30. The molecule has 0 aliphatic carbocycles. The minimum absolute atomic E-state index is 0.0806. The lowest BCUT2D eigenvalue weighted by atomic mass is 10.1. The van der Waals surface area contributed by atoms with E-state index in [-0.39, 0.29) is 11.7 Å². The number of phenolic OH excluding ortho intramolecular Hbond substituents is 1. The number of phenols is 1. The second-order valence-electron chi connectivity index (χ2n) is 4.38. The van der Waals surface area contributed by atoms with E-state index >= 15 is 0 Å². The van der Waals surface area contributed by atoms with E-state index in [0.717, 1.165) is 13.0 Å². The highest BCUT2D eigenvalue weighted by molar-refractivity contribution is 5.94. The van der Waals surface area contributed by atoms with Crippen LogP contribution in [0.25, 0.3) is 0 Å². The van der Waals surface area contributed by atoms with E-state index in [9.17, 15) is 4.79 Å². The first kappa shape index (κ1) is 11.9. The fourth-order valence-electron chi connectivity index (χ4n) is 2.08. The number of rotatable bonds is 4. The van der Waals surface area contributed by atoms with Crippen LogP contribution in [0.2, 0.25) is 0 Å². The topological polar surface area (TPSA) is 61.4 Å². The zero-order valence-electron chi connectivity index (χ0n) is 9.78. The van der Waals surface area contributed by atoms with Crippen LogP contribution in [0.5, 0.6) is 5.75 Å². The molecule has 1 saturated heterocycles. The van der Waals surface area contributed by atoms with E-state index in [1.165, 1.54) is 25.0 Å². The van der Waals surface area contributed by atoms with Crippen LogP contribution in [0.1, 0.15) is 29.6 Å². The molecule has 0 bridgehead atoms. The largest absolute Gasteiger partial charge is 0.508 e. The quantitative estimate of drug-likeness (QED) is 0.735. The normalized spacial score (nSPS) is 19.2. The highest BCUT2D eigenvalue weighted by Gasteiger charge is 2.13. The number of hydrogen-bond donors (Lipinski definition) is 3. The third kappa shape index (κ3) is 3.46. The summed E-state index contributed by atoms with van der Waals surface area (Å²) in [6, 6.07) is 6.84. The van der Waals surface area contributed by atoms with Crippen LogP contribution in [-0.2, 0) is 0 Å². The summed E-state index contributed by atoms with van der Waals surface area (Å²) >= 11 is 0. The zero-order chi connectivity index (χ0) is 12.1. The molecule has 0 spiro atoms. The average Bonchev–Trinajstić information content (AvgIpc) is 2.83. The summed E-state index contributed by atoms with van der Waals surface area (Å²) in [7, 11) is 0. The molecule has 1 amide bonds. The average molecular weight is 234 g/mol. The standard InChI is InChI=1S/C13H18N2O2/c16-12-5-3-10(4-6-12)13(17)15-9-7-11-2-1-8-14-11/h3-6,11,14,16H,1-2,7-9H2,(H,15,17)/t11-/m0/s1. The summed E-state index contributed by atoms with van der Waals surface area (Å²) in [5.41, 5.74) is 0.585. The predicted octanol–water partition coefficient (Wildman–Crippen LogP) is 1.26. The summed E-state index contributed by atoms with van der Waals surface area (Å²) in [5.74, 6) is 0.0969. The van der Waals surface area contributed by atoms with Crippen LogP contribution in [-0.4, -0.2) is 30.1 Å². The maximum Gasteiger partial charge on any atom is 0.251 e. The highest BCUT2D eigenvalue weighted by Crippen LogP contribution is 2.10. The van der Waals surface area contributed by atoms with E-state index in [4.69, 9.17) is 5.11 Å². The monoisotopic (exact) mass is 234 g/mol. The van der Waals surface area contributed by atoms with Gasteiger partial charge in [0.1, 0.15) is 5.75 Å². The molecule has 0 unspecified atom stereocenters. The van der Waals surface area contributed by atoms with Gasteiger partial charge in [0, 0.05) is 18.2 Å². The smallest absolute Gasteiger partial charge is 0.251 e. The summed E-state index contributed by atoms with van der Waals surface area (Å²) in [6.07, 6.45) is 3.41. The fourth-order valence-corrected chi connectivity index (χ4v) is 2.08. The van der Waals surface area contributed by atoms with Crippen molar-refractivity contribution >= 4 is 5.91 Å². The van der Waals surface area contributed by atoms with Gasteiger partial charge >= 0.3 is 0 Å². The molecule has 1 atom stereocenters. The number of carbonyl (C=O) groups excluding carboxylic acids is 1. The van der Waals surface area contributed by atoms with Gasteiger partial charge in [0.25, 0.3) is 5.91 Å². The Bertz CT molecular complexity index is 370. The second kappa shape index (κ2) is 5.68. The van der Waals surface area contributed by atoms with Crippen LogP contribution in [0.4, 0.5) is 0 Å². The van der Waals surface area contributed by atoms with Gasteiger partial charge in [0.05, 0.1) is 0 Å². The number of amides is 1. The maximum atomic E-state index is 11.7. The first-order chi connectivity index (χ1) is 8.25. The molecule has 1 heterocycles. The van der Waals surface area contributed by atoms with Crippen molar-refractivity contribution in [3.8, 4) is 5.75 Å². The molecule has 0 aromatic heterocycles. The van der Waals surface area contributed by atoms with Crippen LogP contribution in [0.15, 0.2) is 24.3 Å². The Balaban J connectivity index is 1.75. The molecule has 3 N–H and O–H groups in total. The van der Waals surface area contributed by atoms with Crippen LogP contribution < -0.4 is 10.6 Å². The number of nitrogens with one attached hydrogen (secondary N) is 2. The van der Waals surface area contributed by atoms with Crippen molar-refractivity contribution in [3.63, 3.8) is 0 Å². The Labute approximate surface area is 101 Å². The van der Waals surface area contributed by atoms with E-state index in [1.807, 2.05) is 0 Å². The molecule has 4 nitrogen and oxygen atoms in total. The molecule has 1 aromatic carbocycles. The molecule has 17 heavy (non-hydrogen) atoms. The van der Waals surface area contributed by atoms with Crippen molar-refractivity contribution in [3.05, 3.63) is 29.8 Å². The van der Waals surface area contributed by atoms with Gasteiger partial charge in [-0.25, -0.2) is 0 Å². The minimum atomic E-state index is -0.0806. The number of aromatic hydroxyl groups is 1. The first-order valence-electron chi connectivity index (χ1n) is 6.06. The minimum Gasteiger partial charge on any atom is -0.508 e. The van der Waals surface area contributed by atoms with E-state index in [0.29, 0.717) is 18.2 Å². The van der Waals surface area contributed by atoms with Gasteiger partial charge in [0.2, 0.25) is 0 Å². The lowest BCUT2D eigenvalue weighted by Gasteiger charge is -2.10. The molecular formula is C13H18N2O2. The van der Waals surface area contributed by atoms with Gasteiger partial charge in [-0.3, -0.25) is 4.79 Å². The van der Waals surface area contributed by atoms with Gasteiger partial charge in [-0.15, -0.1) is 0 Å². The fraction of sp³-hybridized carbons (Fsp3) is 0.462. The first-order valence-corrected chi connectivity index (χ1v) is 6.06.